The van der Waals surface area contributed by atoms with Crippen LogP contribution in [0.2, 0.25) is 0 Å². The van der Waals surface area contributed by atoms with Crippen molar-refractivity contribution in [3.05, 3.63) is 29.8 Å². The fourth-order valence-electron chi connectivity index (χ4n) is 2.62. The molecule has 0 spiro atoms. The normalized spacial score (nSPS) is 21.4. The number of rotatable bonds is 5. The summed E-state index contributed by atoms with van der Waals surface area (Å²) in [7, 11) is 0.241. The molecule has 0 aromatic heterocycles. The minimum Gasteiger partial charge on any atom is -0.496 e. The molecular weight excluding hydrogens is 290 g/mol. The molecule has 1 atom stereocenters. The summed E-state index contributed by atoms with van der Waals surface area (Å²) in [5, 5.41) is 0. The second kappa shape index (κ2) is 6.74. The molecule has 21 heavy (non-hydrogen) atoms. The fourth-order valence-corrected chi connectivity index (χ4v) is 3.82. The van der Waals surface area contributed by atoms with Crippen molar-refractivity contribution in [1.29, 1.82) is 0 Å². The van der Waals surface area contributed by atoms with Crippen molar-refractivity contribution in [3.63, 3.8) is 0 Å². The molecule has 0 aliphatic carbocycles. The van der Waals surface area contributed by atoms with Gasteiger partial charge in [-0.15, -0.1) is 0 Å². The van der Waals surface area contributed by atoms with Crippen LogP contribution in [0.3, 0.4) is 0 Å². The van der Waals surface area contributed by atoms with E-state index in [0.717, 1.165) is 11.3 Å². The monoisotopic (exact) mass is 313 g/mol. The lowest BCUT2D eigenvalue weighted by Gasteiger charge is -2.39. The van der Waals surface area contributed by atoms with E-state index in [4.69, 9.17) is 4.74 Å². The number of ether oxygens (including phenoxy) is 1. The minimum absolute atomic E-state index is 0.0108. The quantitative estimate of drug-likeness (QED) is 0.875. The summed E-state index contributed by atoms with van der Waals surface area (Å²) in [6.45, 7) is 3.79. The molecule has 1 aliphatic rings. The van der Waals surface area contributed by atoms with Gasteiger partial charge in [0.1, 0.15) is 5.75 Å². The van der Waals surface area contributed by atoms with Crippen LogP contribution < -0.4 is 9.46 Å². The summed E-state index contributed by atoms with van der Waals surface area (Å²) in [5.41, 5.74) is 1.01. The number of para-hydroxylation sites is 1. The van der Waals surface area contributed by atoms with E-state index in [1.54, 1.807) is 14.0 Å². The molecule has 1 aliphatic heterocycles. The van der Waals surface area contributed by atoms with Gasteiger partial charge >= 0.3 is 0 Å². The molecule has 118 valence electrons. The molecule has 0 amide bonds. The Morgan fingerprint density at radius 3 is 2.71 bits per heavy atom. The van der Waals surface area contributed by atoms with Crippen LogP contribution in [0.4, 0.5) is 0 Å². The van der Waals surface area contributed by atoms with E-state index in [0.29, 0.717) is 26.2 Å². The van der Waals surface area contributed by atoms with Crippen molar-refractivity contribution < 1.29 is 13.2 Å². The van der Waals surface area contributed by atoms with Gasteiger partial charge in [-0.3, -0.25) is 4.90 Å². The lowest BCUT2D eigenvalue weighted by atomic mass is 10.0. The molecule has 1 unspecified atom stereocenters. The molecule has 2 rings (SSSR count). The second-order valence-electron chi connectivity index (χ2n) is 5.10. The highest BCUT2D eigenvalue weighted by molar-refractivity contribution is 7.87. The Morgan fingerprint density at radius 2 is 2.05 bits per heavy atom. The highest BCUT2D eigenvalue weighted by Crippen LogP contribution is 2.31. The summed E-state index contributed by atoms with van der Waals surface area (Å²) in [6.07, 6.45) is 0. The molecule has 1 fully saturated rings. The Balaban J connectivity index is 2.26. The van der Waals surface area contributed by atoms with E-state index in [2.05, 4.69) is 9.62 Å². The van der Waals surface area contributed by atoms with Crippen LogP contribution in [0.1, 0.15) is 18.5 Å². The first-order valence-electron chi connectivity index (χ1n) is 7.07. The van der Waals surface area contributed by atoms with Crippen LogP contribution in [-0.2, 0) is 10.2 Å². The molecule has 1 aromatic carbocycles. The second-order valence-corrected chi connectivity index (χ2v) is 6.85. The zero-order chi connectivity index (χ0) is 15.5. The molecule has 0 radical (unpaired) electrons. The number of likely N-dealkylation sites (N-methyl/N-ethyl adjacent to an activating group) is 1. The number of methoxy groups -OCH3 is 1. The van der Waals surface area contributed by atoms with E-state index in [1.807, 2.05) is 31.3 Å². The average Bonchev–Trinajstić information content (AvgIpc) is 2.47. The van der Waals surface area contributed by atoms with Crippen molar-refractivity contribution in [3.8, 4) is 5.75 Å². The van der Waals surface area contributed by atoms with Gasteiger partial charge in [0.2, 0.25) is 0 Å². The van der Waals surface area contributed by atoms with Gasteiger partial charge in [-0.2, -0.15) is 12.7 Å². The fraction of sp³-hybridized carbons (Fsp3) is 0.571. The number of hydrogen-bond acceptors (Lipinski definition) is 4. The summed E-state index contributed by atoms with van der Waals surface area (Å²) in [4.78, 5) is 2.16. The van der Waals surface area contributed by atoms with E-state index in [9.17, 15) is 8.42 Å². The van der Waals surface area contributed by atoms with Crippen LogP contribution in [0.25, 0.3) is 0 Å². The Bertz CT molecular complexity index is 577. The van der Waals surface area contributed by atoms with Crippen LogP contribution in [0.5, 0.6) is 5.75 Å². The first-order valence-corrected chi connectivity index (χ1v) is 8.51. The number of nitrogens with zero attached hydrogens (tertiary/aromatic N) is 2. The molecule has 6 nitrogen and oxygen atoms in total. The Hall–Kier alpha value is -1.15. The number of piperazine rings is 1. The summed E-state index contributed by atoms with van der Waals surface area (Å²) in [6, 6.07) is 7.75. The molecule has 1 aromatic rings. The predicted molar refractivity (Wildman–Crippen MR) is 82.5 cm³/mol. The maximum atomic E-state index is 12.2. The van der Waals surface area contributed by atoms with E-state index >= 15 is 0 Å². The highest BCUT2D eigenvalue weighted by Gasteiger charge is 2.33. The SMILES string of the molecule is CCNS(=O)(=O)N1CCN(C)C(c2ccccc2OC)C1. The summed E-state index contributed by atoms with van der Waals surface area (Å²) in [5.74, 6) is 0.789. The standard InChI is InChI=1S/C14H23N3O3S/c1-4-15-21(18,19)17-10-9-16(2)13(11-17)12-7-5-6-8-14(12)20-3/h5-8,13,15H,4,9-11H2,1-3H3. The van der Waals surface area contributed by atoms with Gasteiger partial charge in [-0.05, 0) is 13.1 Å². The van der Waals surface area contributed by atoms with Crippen LogP contribution in [0, 0.1) is 0 Å². The minimum atomic E-state index is -3.40. The first kappa shape index (κ1) is 16.2. The molecule has 1 heterocycles. The van der Waals surface area contributed by atoms with Gasteiger partial charge in [0.25, 0.3) is 10.2 Å². The van der Waals surface area contributed by atoms with Gasteiger partial charge in [0.05, 0.1) is 13.2 Å². The van der Waals surface area contributed by atoms with Gasteiger partial charge in [-0.25, -0.2) is 4.72 Å². The smallest absolute Gasteiger partial charge is 0.279 e. The average molecular weight is 313 g/mol. The third-order valence-corrected chi connectivity index (χ3v) is 5.44. The molecule has 0 saturated carbocycles. The van der Waals surface area contributed by atoms with Crippen molar-refractivity contribution in [2.24, 2.45) is 0 Å². The largest absolute Gasteiger partial charge is 0.496 e. The molecule has 0 bridgehead atoms. The predicted octanol–water partition coefficient (Wildman–Crippen LogP) is 0.838. The maximum absolute atomic E-state index is 12.2. The lowest BCUT2D eigenvalue weighted by molar-refractivity contribution is 0.145. The van der Waals surface area contributed by atoms with Crippen LogP contribution >= 0.6 is 0 Å². The first-order chi connectivity index (χ1) is 9.99. The van der Waals surface area contributed by atoms with E-state index in [-0.39, 0.29) is 6.04 Å². The number of benzene rings is 1. The third-order valence-electron chi connectivity index (χ3n) is 3.78. The van der Waals surface area contributed by atoms with Gasteiger partial charge < -0.3 is 4.74 Å². The number of nitrogens with one attached hydrogen (secondary N) is 1. The topological polar surface area (TPSA) is 61.9 Å². The van der Waals surface area contributed by atoms with Crippen molar-refractivity contribution >= 4 is 10.2 Å². The number of hydrogen-bond donors (Lipinski definition) is 1. The summed E-state index contributed by atoms with van der Waals surface area (Å²) >= 11 is 0. The van der Waals surface area contributed by atoms with Crippen molar-refractivity contribution in [2.75, 3.05) is 40.3 Å². The highest BCUT2D eigenvalue weighted by atomic mass is 32.2. The molecular formula is C14H23N3O3S. The Labute approximate surface area is 126 Å². The third kappa shape index (κ3) is 3.55. The zero-order valence-electron chi connectivity index (χ0n) is 12.7. The molecule has 7 heteroatoms. The Morgan fingerprint density at radius 1 is 1.33 bits per heavy atom. The molecule has 1 N–H and O–H groups in total. The summed E-state index contributed by atoms with van der Waals surface area (Å²) < 4.78 is 33.8. The van der Waals surface area contributed by atoms with Gasteiger partial charge in [-0.1, -0.05) is 25.1 Å². The van der Waals surface area contributed by atoms with Crippen molar-refractivity contribution in [1.82, 2.24) is 13.9 Å². The maximum Gasteiger partial charge on any atom is 0.279 e. The van der Waals surface area contributed by atoms with Gasteiger partial charge in [0.15, 0.2) is 0 Å². The van der Waals surface area contributed by atoms with Gasteiger partial charge in [0, 0.05) is 31.7 Å². The van der Waals surface area contributed by atoms with E-state index in [1.165, 1.54) is 4.31 Å². The van der Waals surface area contributed by atoms with Crippen LogP contribution in [0.15, 0.2) is 24.3 Å². The van der Waals surface area contributed by atoms with E-state index < -0.39 is 10.2 Å². The van der Waals surface area contributed by atoms with Crippen molar-refractivity contribution in [2.45, 2.75) is 13.0 Å². The van der Waals surface area contributed by atoms with Crippen LogP contribution in [-0.4, -0.2) is 58.0 Å². The molecule has 1 saturated heterocycles. The Kier molecular flexibility index (Phi) is 5.21. The zero-order valence-corrected chi connectivity index (χ0v) is 13.6. The lowest BCUT2D eigenvalue weighted by Crippen LogP contribution is -2.52.